The molecule has 0 aliphatic carbocycles. The zero-order valence-corrected chi connectivity index (χ0v) is 25.1. The van der Waals surface area contributed by atoms with Crippen molar-refractivity contribution in [3.63, 3.8) is 0 Å². The third kappa shape index (κ3) is 28.8. The van der Waals surface area contributed by atoms with Crippen LogP contribution in [0.25, 0.3) is 0 Å². The number of hydrogen-bond acceptors (Lipinski definition) is 2. The Bertz CT molecular complexity index is 375. The van der Waals surface area contributed by atoms with Gasteiger partial charge >= 0.3 is 14.6 Å². The Morgan fingerprint density at radius 1 is 0.412 bits per heavy atom. The molecule has 18 heteroatoms. The highest BCUT2D eigenvalue weighted by Gasteiger charge is 2.37. The number of quaternary nitrogens is 2. The Labute approximate surface area is 217 Å². The molecule has 0 aromatic rings. The normalized spacial score (nSPS) is 9.65. The first-order chi connectivity index (χ1) is 11.7. The second kappa shape index (κ2) is 33.6. The van der Waals surface area contributed by atoms with E-state index in [4.69, 9.17) is 19.6 Å². The zero-order chi connectivity index (χ0) is 21.7. The van der Waals surface area contributed by atoms with Crippen molar-refractivity contribution in [3.05, 3.63) is 0 Å². The van der Waals surface area contributed by atoms with Gasteiger partial charge < -0.3 is 86.2 Å². The summed E-state index contributed by atoms with van der Waals surface area (Å²) in [4.78, 5) is 30.8. The summed E-state index contributed by atoms with van der Waals surface area (Å²) in [6.07, 6.45) is 0. The molecule has 226 valence electrons. The largest absolute Gasteiger partial charge is 1.00 e. The maximum absolute atomic E-state index is 9.58. The monoisotopic (exact) mass is 600 g/mol. The standard InChI is InChI=1S/2C8H20N.2ClH.H4O6P2.6H2O/c2*1-5-9(6-2,7-3)8-4;;;1-7(2,3)8(4,5)6;;;;;;/h2*5-8H2,1-4H3;2*1H;(H2,1,2,3)(H2,4,5,6);6*1H2/q2*+1;;;;;;;;;/p-2. The highest BCUT2D eigenvalue weighted by atomic mass is 35.5. The molecule has 0 heterocycles. The molecule has 0 radical (unpaired) electrons. The summed E-state index contributed by atoms with van der Waals surface area (Å²) in [6.45, 7) is 28.4. The van der Waals surface area contributed by atoms with Crippen molar-refractivity contribution < 1.29 is 95.3 Å². The molecular weight excluding hydrogens is 545 g/mol. The average molecular weight is 601 g/mol. The summed E-state index contributed by atoms with van der Waals surface area (Å²) in [5.74, 6) is 0. The molecule has 0 spiro atoms. The SMILES string of the molecule is CC[N+](CC)(CC)CC.CC[N+](CC)(CC)CC.O.O.O.O.O.O.O=P(O)(O)P(=O)(O)O.[Cl-].[Cl-]. The first-order valence-electron chi connectivity index (χ1n) is 9.55. The minimum atomic E-state index is -5.18. The molecule has 0 aliphatic heterocycles. The Morgan fingerprint density at radius 3 is 0.500 bits per heavy atom. The van der Waals surface area contributed by atoms with E-state index < -0.39 is 14.6 Å². The van der Waals surface area contributed by atoms with Crippen LogP contribution in [-0.4, -0.2) is 114 Å². The van der Waals surface area contributed by atoms with Crippen molar-refractivity contribution in [2.75, 3.05) is 52.4 Å². The van der Waals surface area contributed by atoms with Crippen LogP contribution in [0, 0.1) is 0 Å². The van der Waals surface area contributed by atoms with Crippen LogP contribution in [0.2, 0.25) is 0 Å². The number of halogens is 2. The molecular formula is C16H56Cl2N2O12P2. The summed E-state index contributed by atoms with van der Waals surface area (Å²) in [6, 6.07) is 0. The van der Waals surface area contributed by atoms with Gasteiger partial charge in [-0.05, 0) is 55.4 Å². The summed E-state index contributed by atoms with van der Waals surface area (Å²) >= 11 is 0. The lowest BCUT2D eigenvalue weighted by Gasteiger charge is -2.34. The van der Waals surface area contributed by atoms with Crippen LogP contribution in [0.3, 0.4) is 0 Å². The molecule has 0 rings (SSSR count). The van der Waals surface area contributed by atoms with Gasteiger partial charge in [0.05, 0.1) is 52.4 Å². The zero-order valence-electron chi connectivity index (χ0n) is 21.8. The molecule has 0 saturated carbocycles. The van der Waals surface area contributed by atoms with E-state index in [1.807, 2.05) is 0 Å². The molecule has 0 aromatic carbocycles. The van der Waals surface area contributed by atoms with Gasteiger partial charge in [-0.1, -0.05) is 0 Å². The molecule has 0 aromatic heterocycles. The van der Waals surface area contributed by atoms with E-state index in [9.17, 15) is 9.13 Å². The fraction of sp³-hybridized carbons (Fsp3) is 1.00. The van der Waals surface area contributed by atoms with Crippen molar-refractivity contribution in [2.24, 2.45) is 0 Å². The summed E-state index contributed by atoms with van der Waals surface area (Å²) < 4.78 is 21.7. The van der Waals surface area contributed by atoms with Crippen LogP contribution in [0.5, 0.6) is 0 Å². The second-order valence-corrected chi connectivity index (χ2v) is 11.4. The summed E-state index contributed by atoms with van der Waals surface area (Å²) in [5, 5.41) is 0. The van der Waals surface area contributed by atoms with E-state index in [0.717, 1.165) is 0 Å². The van der Waals surface area contributed by atoms with Crippen molar-refractivity contribution in [3.8, 4) is 0 Å². The number of nitrogens with zero attached hydrogens (tertiary/aromatic N) is 2. The maximum Gasteiger partial charge on any atom is 0.435 e. The van der Waals surface area contributed by atoms with Crippen LogP contribution in [-0.2, 0) is 9.13 Å². The van der Waals surface area contributed by atoms with Gasteiger partial charge in [-0.15, -0.1) is 0 Å². The second-order valence-electron chi connectivity index (χ2n) is 6.24. The topological polar surface area (TPSA) is 304 Å². The average Bonchev–Trinajstić information content (AvgIpc) is 2.59. The van der Waals surface area contributed by atoms with Gasteiger partial charge in [0.1, 0.15) is 0 Å². The molecule has 16 N–H and O–H groups in total. The Balaban J connectivity index is -0.0000000232. The quantitative estimate of drug-likeness (QED) is 0.147. The van der Waals surface area contributed by atoms with Crippen LogP contribution < -0.4 is 24.8 Å². The molecule has 0 fully saturated rings. The van der Waals surface area contributed by atoms with E-state index in [2.05, 4.69) is 55.4 Å². The van der Waals surface area contributed by atoms with Gasteiger partial charge in [-0.3, -0.25) is 0 Å². The predicted octanol–water partition coefficient (Wildman–Crippen LogP) is -7.92. The van der Waals surface area contributed by atoms with E-state index >= 15 is 0 Å². The Kier molecular flexibility index (Phi) is 69.2. The van der Waals surface area contributed by atoms with E-state index in [0.29, 0.717) is 0 Å². The van der Waals surface area contributed by atoms with Crippen molar-refractivity contribution in [1.82, 2.24) is 0 Å². The first-order valence-corrected chi connectivity index (χ1v) is 13.5. The number of hydrogen-bond donors (Lipinski definition) is 4. The molecule has 0 atom stereocenters. The van der Waals surface area contributed by atoms with Crippen molar-refractivity contribution in [1.29, 1.82) is 0 Å². The highest BCUT2D eigenvalue weighted by molar-refractivity contribution is 8.26. The molecule has 0 saturated heterocycles. The summed E-state index contributed by atoms with van der Waals surface area (Å²) in [5.41, 5.74) is 0. The molecule has 34 heavy (non-hydrogen) atoms. The highest BCUT2D eigenvalue weighted by Crippen LogP contribution is 2.71. The Morgan fingerprint density at radius 2 is 0.500 bits per heavy atom. The Hall–Kier alpha value is 0.560. The molecule has 0 aliphatic rings. The van der Waals surface area contributed by atoms with Gasteiger partial charge in [0.2, 0.25) is 0 Å². The maximum atomic E-state index is 9.58. The van der Waals surface area contributed by atoms with Crippen LogP contribution in [0.15, 0.2) is 0 Å². The van der Waals surface area contributed by atoms with E-state index in [-0.39, 0.29) is 57.7 Å². The molecule has 0 unspecified atom stereocenters. The van der Waals surface area contributed by atoms with Gasteiger partial charge in [0, 0.05) is 0 Å². The van der Waals surface area contributed by atoms with Gasteiger partial charge in [-0.2, -0.15) is 0 Å². The fourth-order valence-corrected chi connectivity index (χ4v) is 2.68. The minimum absolute atomic E-state index is 0. The van der Waals surface area contributed by atoms with Crippen molar-refractivity contribution in [2.45, 2.75) is 55.4 Å². The lowest BCUT2D eigenvalue weighted by atomic mass is 10.3. The number of rotatable bonds is 9. The van der Waals surface area contributed by atoms with E-state index in [1.54, 1.807) is 0 Å². The van der Waals surface area contributed by atoms with Crippen LogP contribution in [0.1, 0.15) is 55.4 Å². The van der Waals surface area contributed by atoms with Crippen LogP contribution in [0.4, 0.5) is 0 Å². The first kappa shape index (κ1) is 70.1. The lowest BCUT2D eigenvalue weighted by molar-refractivity contribution is -0.921. The summed E-state index contributed by atoms with van der Waals surface area (Å²) in [7, 11) is -10.4. The van der Waals surface area contributed by atoms with Gasteiger partial charge in [-0.25, -0.2) is 9.13 Å². The van der Waals surface area contributed by atoms with Crippen molar-refractivity contribution >= 4 is 14.6 Å². The molecule has 14 nitrogen and oxygen atoms in total. The molecule has 0 amide bonds. The fourth-order valence-electron chi connectivity index (χ4n) is 2.68. The van der Waals surface area contributed by atoms with Crippen LogP contribution >= 0.6 is 14.6 Å². The predicted molar refractivity (Wildman–Crippen MR) is 131 cm³/mol. The van der Waals surface area contributed by atoms with Gasteiger partial charge in [0.25, 0.3) is 0 Å². The third-order valence-corrected chi connectivity index (χ3v) is 8.42. The minimum Gasteiger partial charge on any atom is -1.00 e. The smallest absolute Gasteiger partial charge is 0.435 e. The van der Waals surface area contributed by atoms with E-state index in [1.165, 1.54) is 61.3 Å². The third-order valence-electron chi connectivity index (χ3n) is 5.71. The lowest BCUT2D eigenvalue weighted by Crippen LogP contribution is -3.00. The van der Waals surface area contributed by atoms with Gasteiger partial charge in [0.15, 0.2) is 0 Å². The molecule has 0 bridgehead atoms.